The molecule has 0 saturated carbocycles. The number of ketones is 1. The first-order valence-corrected chi connectivity index (χ1v) is 8.26. The van der Waals surface area contributed by atoms with Crippen molar-refractivity contribution >= 4 is 5.78 Å². The van der Waals surface area contributed by atoms with Crippen LogP contribution in [0.15, 0.2) is 24.3 Å². The third-order valence-electron chi connectivity index (χ3n) is 4.17. The van der Waals surface area contributed by atoms with Crippen LogP contribution >= 0.6 is 0 Å². The number of phenolic OH excluding ortho intramolecular Hbond substituents is 1. The summed E-state index contributed by atoms with van der Waals surface area (Å²) in [6.07, 6.45) is 0.616. The van der Waals surface area contributed by atoms with Gasteiger partial charge in [-0.1, -0.05) is 0 Å². The highest BCUT2D eigenvalue weighted by Crippen LogP contribution is 2.39. The molecule has 0 atom stereocenters. The van der Waals surface area contributed by atoms with Gasteiger partial charge in [-0.2, -0.15) is 0 Å². The summed E-state index contributed by atoms with van der Waals surface area (Å²) >= 11 is 0. The lowest BCUT2D eigenvalue weighted by Gasteiger charge is -2.14. The van der Waals surface area contributed by atoms with Crippen LogP contribution in [-0.2, 0) is 6.42 Å². The van der Waals surface area contributed by atoms with E-state index in [2.05, 4.69) is 0 Å². The van der Waals surface area contributed by atoms with E-state index in [4.69, 9.17) is 23.7 Å². The maximum atomic E-state index is 12.6. The van der Waals surface area contributed by atoms with Crippen molar-refractivity contribution < 1.29 is 33.6 Å². The van der Waals surface area contributed by atoms with Crippen LogP contribution in [0.5, 0.6) is 34.5 Å². The molecule has 1 N–H and O–H groups in total. The summed E-state index contributed by atoms with van der Waals surface area (Å²) in [5, 5.41) is 10.1. The summed E-state index contributed by atoms with van der Waals surface area (Å²) in [4.78, 5) is 12.6. The van der Waals surface area contributed by atoms with Gasteiger partial charge in [-0.15, -0.1) is 0 Å². The summed E-state index contributed by atoms with van der Waals surface area (Å²) in [6, 6.07) is 6.43. The second-order valence-corrected chi connectivity index (χ2v) is 5.68. The molecule has 146 valence electrons. The zero-order chi connectivity index (χ0) is 20.0. The fraction of sp³-hybridized carbons (Fsp3) is 0.350. The topological polar surface area (TPSA) is 83.5 Å². The molecule has 0 aliphatic carbocycles. The summed E-state index contributed by atoms with van der Waals surface area (Å²) in [6.45, 7) is 0. The summed E-state index contributed by atoms with van der Waals surface area (Å²) in [7, 11) is 7.54. The van der Waals surface area contributed by atoms with Crippen molar-refractivity contribution in [2.75, 3.05) is 35.5 Å². The SMILES string of the molecule is COc1cc(O)c(C(=O)CCc2cc(OC)c(OC)c(OC)c2)cc1OC. The largest absolute Gasteiger partial charge is 0.507 e. The fourth-order valence-electron chi connectivity index (χ4n) is 2.76. The Labute approximate surface area is 158 Å². The molecule has 0 spiro atoms. The molecule has 0 aliphatic heterocycles. The highest BCUT2D eigenvalue weighted by Gasteiger charge is 2.18. The Morgan fingerprint density at radius 1 is 0.778 bits per heavy atom. The first-order valence-electron chi connectivity index (χ1n) is 8.26. The second kappa shape index (κ2) is 9.02. The van der Waals surface area contributed by atoms with E-state index in [-0.39, 0.29) is 23.5 Å². The van der Waals surface area contributed by atoms with Crippen LogP contribution < -0.4 is 23.7 Å². The summed E-state index contributed by atoms with van der Waals surface area (Å²) < 4.78 is 26.3. The number of aryl methyl sites for hydroxylation is 1. The minimum Gasteiger partial charge on any atom is -0.507 e. The van der Waals surface area contributed by atoms with Crippen LogP contribution in [0.4, 0.5) is 0 Å². The maximum Gasteiger partial charge on any atom is 0.203 e. The van der Waals surface area contributed by atoms with E-state index in [1.807, 2.05) is 0 Å². The van der Waals surface area contributed by atoms with Crippen LogP contribution in [0.3, 0.4) is 0 Å². The third kappa shape index (κ3) is 4.36. The molecule has 0 aliphatic rings. The van der Waals surface area contributed by atoms with Gasteiger partial charge in [0.25, 0.3) is 0 Å². The number of ether oxygens (including phenoxy) is 5. The number of phenols is 1. The first kappa shape index (κ1) is 20.2. The number of aromatic hydroxyl groups is 1. The molecule has 0 aromatic heterocycles. The molecule has 7 nitrogen and oxygen atoms in total. The van der Waals surface area contributed by atoms with Gasteiger partial charge in [0.2, 0.25) is 5.75 Å². The summed E-state index contributed by atoms with van der Waals surface area (Å²) in [5.74, 6) is 1.90. The molecular weight excluding hydrogens is 352 g/mol. The lowest BCUT2D eigenvalue weighted by molar-refractivity contribution is 0.0979. The van der Waals surface area contributed by atoms with E-state index in [1.165, 1.54) is 47.7 Å². The molecule has 0 saturated heterocycles. The number of methoxy groups -OCH3 is 5. The molecule has 27 heavy (non-hydrogen) atoms. The van der Waals surface area contributed by atoms with Crippen LogP contribution in [0.25, 0.3) is 0 Å². The van der Waals surface area contributed by atoms with Gasteiger partial charge in [0.15, 0.2) is 28.8 Å². The number of hydrogen-bond acceptors (Lipinski definition) is 7. The molecule has 0 radical (unpaired) electrons. The van der Waals surface area contributed by atoms with Gasteiger partial charge < -0.3 is 28.8 Å². The van der Waals surface area contributed by atoms with Gasteiger partial charge in [-0.3, -0.25) is 4.79 Å². The Balaban J connectivity index is 2.23. The maximum absolute atomic E-state index is 12.6. The number of carbonyl (C=O) groups is 1. The highest BCUT2D eigenvalue weighted by molar-refractivity contribution is 5.99. The third-order valence-corrected chi connectivity index (χ3v) is 4.17. The molecule has 2 aromatic carbocycles. The average Bonchev–Trinajstić information content (AvgIpc) is 2.70. The minimum atomic E-state index is -0.220. The van der Waals surface area contributed by atoms with E-state index in [0.29, 0.717) is 35.2 Å². The monoisotopic (exact) mass is 376 g/mol. The molecule has 7 heteroatoms. The van der Waals surface area contributed by atoms with Crippen molar-refractivity contribution in [3.8, 4) is 34.5 Å². The van der Waals surface area contributed by atoms with E-state index >= 15 is 0 Å². The van der Waals surface area contributed by atoms with Crippen LogP contribution in [0, 0.1) is 0 Å². The Kier molecular flexibility index (Phi) is 6.76. The zero-order valence-corrected chi connectivity index (χ0v) is 16.1. The lowest BCUT2D eigenvalue weighted by Crippen LogP contribution is -2.04. The Morgan fingerprint density at radius 2 is 1.30 bits per heavy atom. The molecule has 0 fully saturated rings. The van der Waals surface area contributed by atoms with Crippen molar-refractivity contribution in [2.24, 2.45) is 0 Å². The van der Waals surface area contributed by atoms with Crippen molar-refractivity contribution in [2.45, 2.75) is 12.8 Å². The zero-order valence-electron chi connectivity index (χ0n) is 16.1. The highest BCUT2D eigenvalue weighted by atomic mass is 16.5. The standard InChI is InChI=1S/C20H24O7/c1-23-16-10-13(15(22)11-17(16)24-2)14(21)7-6-12-8-18(25-3)20(27-5)19(9-12)26-4/h8-11,22H,6-7H2,1-5H3. The second-order valence-electron chi connectivity index (χ2n) is 5.68. The minimum absolute atomic E-state index is 0.150. The number of Topliss-reactive ketones (excluding diaryl/α,β-unsaturated/α-hetero) is 1. The van der Waals surface area contributed by atoms with Crippen molar-refractivity contribution in [3.05, 3.63) is 35.4 Å². The lowest BCUT2D eigenvalue weighted by atomic mass is 10.0. The Morgan fingerprint density at radius 3 is 1.78 bits per heavy atom. The predicted octanol–water partition coefficient (Wildman–Crippen LogP) is 3.25. The molecule has 0 bridgehead atoms. The Hall–Kier alpha value is -3.09. The molecule has 0 heterocycles. The van der Waals surface area contributed by atoms with Gasteiger partial charge in [-0.05, 0) is 30.2 Å². The normalized spacial score (nSPS) is 10.3. The number of hydrogen-bond donors (Lipinski definition) is 1. The van der Waals surface area contributed by atoms with E-state index in [0.717, 1.165) is 5.56 Å². The summed E-state index contributed by atoms with van der Waals surface area (Å²) in [5.41, 5.74) is 1.03. The number of carbonyl (C=O) groups excluding carboxylic acids is 1. The molecule has 2 aromatic rings. The quantitative estimate of drug-likeness (QED) is 0.673. The number of rotatable bonds is 9. The van der Waals surface area contributed by atoms with Crippen LogP contribution in [-0.4, -0.2) is 46.4 Å². The van der Waals surface area contributed by atoms with Crippen molar-refractivity contribution in [1.29, 1.82) is 0 Å². The van der Waals surface area contributed by atoms with Gasteiger partial charge in [0.1, 0.15) is 5.75 Å². The number of benzene rings is 2. The van der Waals surface area contributed by atoms with Crippen molar-refractivity contribution in [1.82, 2.24) is 0 Å². The van der Waals surface area contributed by atoms with E-state index in [1.54, 1.807) is 12.1 Å². The first-order chi connectivity index (χ1) is 13.0. The predicted molar refractivity (Wildman–Crippen MR) is 100.0 cm³/mol. The van der Waals surface area contributed by atoms with Crippen LogP contribution in [0.2, 0.25) is 0 Å². The molecule has 0 amide bonds. The van der Waals surface area contributed by atoms with Gasteiger partial charge in [0, 0.05) is 12.5 Å². The van der Waals surface area contributed by atoms with Crippen LogP contribution in [0.1, 0.15) is 22.3 Å². The van der Waals surface area contributed by atoms with Gasteiger partial charge >= 0.3 is 0 Å². The van der Waals surface area contributed by atoms with E-state index in [9.17, 15) is 9.90 Å². The van der Waals surface area contributed by atoms with E-state index < -0.39 is 0 Å². The molecule has 0 unspecified atom stereocenters. The smallest absolute Gasteiger partial charge is 0.203 e. The molecular formula is C20H24O7. The average molecular weight is 376 g/mol. The fourth-order valence-corrected chi connectivity index (χ4v) is 2.76. The van der Waals surface area contributed by atoms with Gasteiger partial charge in [-0.25, -0.2) is 0 Å². The van der Waals surface area contributed by atoms with Gasteiger partial charge in [0.05, 0.1) is 41.1 Å². The molecule has 2 rings (SSSR count). The van der Waals surface area contributed by atoms with Crippen molar-refractivity contribution in [3.63, 3.8) is 0 Å². The Bertz CT molecular complexity index is 789.